The van der Waals surface area contributed by atoms with Crippen molar-refractivity contribution < 1.29 is 0 Å². The van der Waals surface area contributed by atoms with Gasteiger partial charge < -0.3 is 0 Å². The zero-order valence-electron chi connectivity index (χ0n) is 14.1. The van der Waals surface area contributed by atoms with Gasteiger partial charge in [-0.3, -0.25) is 0 Å². The van der Waals surface area contributed by atoms with E-state index >= 15 is 0 Å². The van der Waals surface area contributed by atoms with Crippen molar-refractivity contribution in [2.45, 2.75) is 91.3 Å². The predicted molar refractivity (Wildman–Crippen MR) is 93.5 cm³/mol. The zero-order valence-corrected chi connectivity index (χ0v) is 15.1. The van der Waals surface area contributed by atoms with Gasteiger partial charge in [0, 0.05) is 0 Å². The maximum atomic E-state index is 2.53. The molecule has 0 spiro atoms. The third kappa shape index (κ3) is 13.9. The van der Waals surface area contributed by atoms with Gasteiger partial charge in [0.1, 0.15) is 0 Å². The van der Waals surface area contributed by atoms with Gasteiger partial charge >= 0.3 is 0 Å². The molecule has 0 aliphatic rings. The van der Waals surface area contributed by atoms with Crippen molar-refractivity contribution in [2.75, 3.05) is 0 Å². The van der Waals surface area contributed by atoms with Crippen molar-refractivity contribution in [3.63, 3.8) is 0 Å². The predicted octanol–water partition coefficient (Wildman–Crippen LogP) is 6.90. The van der Waals surface area contributed by atoms with E-state index in [4.69, 9.17) is 0 Å². The Hall–Kier alpha value is -0.303. The lowest BCUT2D eigenvalue weighted by molar-refractivity contribution is 0.694. The molecule has 0 aromatic carbocycles. The van der Waals surface area contributed by atoms with Gasteiger partial charge in [-0.25, -0.2) is 0 Å². The number of rotatable bonds is 11. The summed E-state index contributed by atoms with van der Waals surface area (Å²) >= 11 is 0. The fourth-order valence-corrected chi connectivity index (χ4v) is 2.98. The molecule has 0 aliphatic carbocycles. The van der Waals surface area contributed by atoms with E-state index in [1.807, 2.05) is 0 Å². The Labute approximate surface area is 123 Å². The first-order chi connectivity index (χ1) is 8.99. The van der Waals surface area contributed by atoms with Gasteiger partial charge in [0.05, 0.1) is 8.07 Å². The summed E-state index contributed by atoms with van der Waals surface area (Å²) in [5.41, 5.74) is 4.17. The van der Waals surface area contributed by atoms with Gasteiger partial charge in [0.15, 0.2) is 0 Å². The van der Waals surface area contributed by atoms with Crippen LogP contribution in [0, 0.1) is 0 Å². The first-order valence-corrected chi connectivity index (χ1v) is 11.9. The Morgan fingerprint density at radius 3 is 2.11 bits per heavy atom. The number of unbranched alkanes of at least 4 members (excludes halogenated alkanes) is 5. The Morgan fingerprint density at radius 2 is 1.53 bits per heavy atom. The molecule has 0 saturated heterocycles. The van der Waals surface area contributed by atoms with E-state index in [1.165, 1.54) is 57.8 Å². The van der Waals surface area contributed by atoms with Crippen LogP contribution in [0.25, 0.3) is 0 Å². The molecule has 0 bridgehead atoms. The molecule has 1 heteroatoms. The van der Waals surface area contributed by atoms with Crippen LogP contribution >= 0.6 is 0 Å². The highest BCUT2D eigenvalue weighted by molar-refractivity contribution is 6.80. The maximum Gasteiger partial charge on any atom is 0.0683 e. The lowest BCUT2D eigenvalue weighted by Crippen LogP contribution is -2.15. The van der Waals surface area contributed by atoms with Crippen LogP contribution in [0.2, 0.25) is 19.6 Å². The second-order valence-electron chi connectivity index (χ2n) is 6.79. The zero-order chi connectivity index (χ0) is 14.6. The van der Waals surface area contributed by atoms with Crippen LogP contribution in [0.1, 0.15) is 71.6 Å². The standard InChI is InChI=1S/C18H36Si/c1-6-8-10-12-15-18(14-11-9-7-2)16-13-17-19(3,4)5/h13,15,17H,6-12,14,16H2,1-5H3/b17-13+,18-15-. The summed E-state index contributed by atoms with van der Waals surface area (Å²) < 4.78 is 0. The summed E-state index contributed by atoms with van der Waals surface area (Å²) in [5, 5.41) is 0. The van der Waals surface area contributed by atoms with E-state index < -0.39 is 8.07 Å². The molecule has 0 aliphatic heterocycles. The summed E-state index contributed by atoms with van der Waals surface area (Å²) in [7, 11) is -1.01. The highest BCUT2D eigenvalue weighted by Gasteiger charge is 2.06. The third-order valence-corrected chi connectivity index (χ3v) is 4.58. The van der Waals surface area contributed by atoms with E-state index in [9.17, 15) is 0 Å². The Bertz CT molecular complexity index is 255. The van der Waals surface area contributed by atoms with Crippen LogP contribution < -0.4 is 0 Å². The molecular formula is C18H36Si. The second kappa shape index (κ2) is 11.5. The summed E-state index contributed by atoms with van der Waals surface area (Å²) in [6.45, 7) is 11.8. The highest BCUT2D eigenvalue weighted by atomic mass is 28.3. The minimum atomic E-state index is -1.01. The number of hydrogen-bond donors (Lipinski definition) is 0. The molecule has 0 unspecified atom stereocenters. The van der Waals surface area contributed by atoms with E-state index in [0.29, 0.717) is 0 Å². The molecular weight excluding hydrogens is 244 g/mol. The summed E-state index contributed by atoms with van der Waals surface area (Å²) in [6.07, 6.45) is 16.9. The van der Waals surface area contributed by atoms with E-state index in [-0.39, 0.29) is 0 Å². The lowest BCUT2D eigenvalue weighted by atomic mass is 10.0. The van der Waals surface area contributed by atoms with Crippen LogP contribution in [-0.2, 0) is 0 Å². The molecule has 0 N–H and O–H groups in total. The lowest BCUT2D eigenvalue weighted by Gasteiger charge is -2.09. The van der Waals surface area contributed by atoms with Gasteiger partial charge in [0.2, 0.25) is 0 Å². The Balaban J connectivity index is 4.20. The number of hydrogen-bond acceptors (Lipinski definition) is 0. The van der Waals surface area contributed by atoms with Crippen molar-refractivity contribution in [3.05, 3.63) is 23.4 Å². The molecule has 0 aromatic rings. The third-order valence-electron chi connectivity index (χ3n) is 3.34. The molecule has 0 saturated carbocycles. The minimum absolute atomic E-state index is 1.01. The van der Waals surface area contributed by atoms with Crippen LogP contribution in [0.15, 0.2) is 23.4 Å². The molecule has 0 aromatic heterocycles. The highest BCUT2D eigenvalue weighted by Crippen LogP contribution is 2.16. The van der Waals surface area contributed by atoms with Crippen molar-refractivity contribution in [3.8, 4) is 0 Å². The first kappa shape index (κ1) is 18.7. The van der Waals surface area contributed by atoms with Crippen molar-refractivity contribution >= 4 is 8.07 Å². The molecule has 0 fully saturated rings. The van der Waals surface area contributed by atoms with E-state index in [1.54, 1.807) is 5.57 Å². The molecule has 112 valence electrons. The van der Waals surface area contributed by atoms with E-state index in [2.05, 4.69) is 51.3 Å². The van der Waals surface area contributed by atoms with Crippen molar-refractivity contribution in [2.24, 2.45) is 0 Å². The topological polar surface area (TPSA) is 0 Å². The minimum Gasteiger partial charge on any atom is -0.0986 e. The molecule has 0 atom stereocenters. The fraction of sp³-hybridized carbons (Fsp3) is 0.778. The monoisotopic (exact) mass is 280 g/mol. The largest absolute Gasteiger partial charge is 0.0986 e. The van der Waals surface area contributed by atoms with Gasteiger partial charge in [-0.2, -0.15) is 0 Å². The normalized spacial score (nSPS) is 13.4. The number of allylic oxidation sites excluding steroid dienone is 3. The molecule has 0 heterocycles. The molecule has 19 heavy (non-hydrogen) atoms. The second-order valence-corrected chi connectivity index (χ2v) is 11.9. The van der Waals surface area contributed by atoms with Crippen LogP contribution in [0.4, 0.5) is 0 Å². The summed E-state index contributed by atoms with van der Waals surface area (Å²) in [4.78, 5) is 0. The average molecular weight is 281 g/mol. The molecule has 0 rings (SSSR count). The van der Waals surface area contributed by atoms with Crippen molar-refractivity contribution in [1.82, 2.24) is 0 Å². The Kier molecular flexibility index (Phi) is 11.3. The first-order valence-electron chi connectivity index (χ1n) is 8.35. The maximum absolute atomic E-state index is 2.53. The van der Waals surface area contributed by atoms with Gasteiger partial charge in [-0.05, 0) is 32.1 Å². The quantitative estimate of drug-likeness (QED) is 0.219. The van der Waals surface area contributed by atoms with Gasteiger partial charge in [-0.1, -0.05) is 82.6 Å². The van der Waals surface area contributed by atoms with Gasteiger partial charge in [0.25, 0.3) is 0 Å². The fourth-order valence-electron chi connectivity index (χ4n) is 2.15. The SMILES string of the molecule is CCCCC/C=C(\C/C=C/[Si](C)(C)C)CCCCC. The van der Waals surface area contributed by atoms with Crippen LogP contribution in [0.5, 0.6) is 0 Å². The molecule has 0 amide bonds. The summed E-state index contributed by atoms with van der Waals surface area (Å²) in [5.74, 6) is 0. The van der Waals surface area contributed by atoms with Crippen LogP contribution in [-0.4, -0.2) is 8.07 Å². The van der Waals surface area contributed by atoms with E-state index in [0.717, 1.165) is 0 Å². The van der Waals surface area contributed by atoms with Crippen molar-refractivity contribution in [1.29, 1.82) is 0 Å². The smallest absolute Gasteiger partial charge is 0.0683 e. The van der Waals surface area contributed by atoms with Gasteiger partial charge in [-0.15, -0.1) is 0 Å². The Morgan fingerprint density at radius 1 is 0.895 bits per heavy atom. The molecule has 0 radical (unpaired) electrons. The summed E-state index contributed by atoms with van der Waals surface area (Å²) in [6, 6.07) is 0. The van der Waals surface area contributed by atoms with Crippen LogP contribution in [0.3, 0.4) is 0 Å². The molecule has 0 nitrogen and oxygen atoms in total. The average Bonchev–Trinajstić information content (AvgIpc) is 2.32.